The Kier molecular flexibility index (Phi) is 5.27. The molecule has 1 aromatic rings. The van der Waals surface area contributed by atoms with Crippen molar-refractivity contribution in [1.29, 1.82) is 0 Å². The number of rotatable bonds is 6. The third-order valence-electron chi connectivity index (χ3n) is 3.47. The second-order valence-electron chi connectivity index (χ2n) is 5.48. The highest BCUT2D eigenvalue weighted by atomic mass is 16.4. The van der Waals surface area contributed by atoms with Gasteiger partial charge in [-0.3, -0.25) is 14.5 Å². The van der Waals surface area contributed by atoms with E-state index < -0.39 is 11.5 Å². The molecule has 0 radical (unpaired) electrons. The minimum atomic E-state index is -1.07. The molecule has 0 saturated carbocycles. The van der Waals surface area contributed by atoms with Gasteiger partial charge in [0.05, 0.1) is 6.54 Å². The van der Waals surface area contributed by atoms with Crippen LogP contribution in [0.25, 0.3) is 0 Å². The highest BCUT2D eigenvalue weighted by Gasteiger charge is 2.32. The van der Waals surface area contributed by atoms with E-state index in [4.69, 9.17) is 5.11 Å². The molecule has 1 aromatic carbocycles. The number of aryl methyl sites for hydroxylation is 1. The van der Waals surface area contributed by atoms with Crippen molar-refractivity contribution in [1.82, 2.24) is 10.2 Å². The van der Waals surface area contributed by atoms with Crippen molar-refractivity contribution in [3.05, 3.63) is 35.4 Å². The van der Waals surface area contributed by atoms with Crippen LogP contribution in [0.2, 0.25) is 0 Å². The van der Waals surface area contributed by atoms with E-state index in [9.17, 15) is 9.59 Å². The van der Waals surface area contributed by atoms with Gasteiger partial charge in [-0.1, -0.05) is 29.8 Å². The lowest BCUT2D eigenvalue weighted by atomic mass is 10.0. The Morgan fingerprint density at radius 2 is 1.80 bits per heavy atom. The van der Waals surface area contributed by atoms with Crippen LogP contribution in [-0.2, 0) is 16.1 Å². The summed E-state index contributed by atoms with van der Waals surface area (Å²) in [6.07, 6.45) is 0. The van der Waals surface area contributed by atoms with E-state index in [-0.39, 0.29) is 12.5 Å². The van der Waals surface area contributed by atoms with Gasteiger partial charge in [-0.05, 0) is 33.4 Å². The summed E-state index contributed by atoms with van der Waals surface area (Å²) >= 11 is 0. The Hall–Kier alpha value is -1.88. The number of nitrogens with one attached hydrogen (secondary N) is 1. The van der Waals surface area contributed by atoms with E-state index >= 15 is 0 Å². The Balaban J connectivity index is 2.48. The van der Waals surface area contributed by atoms with E-state index in [1.807, 2.05) is 31.2 Å². The number of carbonyl (C=O) groups excluding carboxylic acids is 1. The summed E-state index contributed by atoms with van der Waals surface area (Å²) in [5.41, 5.74) is 1.12. The molecule has 0 saturated heterocycles. The van der Waals surface area contributed by atoms with Crippen molar-refractivity contribution in [3.63, 3.8) is 0 Å². The SMILES string of the molecule is Cc1ccc(CNC(=O)CN(C)C(C)(C)C(=O)O)cc1. The van der Waals surface area contributed by atoms with Gasteiger partial charge in [0.2, 0.25) is 5.91 Å². The first-order valence-electron chi connectivity index (χ1n) is 6.50. The maximum Gasteiger partial charge on any atom is 0.323 e. The van der Waals surface area contributed by atoms with E-state index in [1.165, 1.54) is 10.5 Å². The van der Waals surface area contributed by atoms with Gasteiger partial charge < -0.3 is 10.4 Å². The molecule has 0 spiro atoms. The van der Waals surface area contributed by atoms with Crippen LogP contribution in [0.1, 0.15) is 25.0 Å². The molecule has 0 aliphatic carbocycles. The lowest BCUT2D eigenvalue weighted by Crippen LogP contribution is -2.51. The summed E-state index contributed by atoms with van der Waals surface area (Å²) in [5, 5.41) is 11.9. The number of amides is 1. The summed E-state index contributed by atoms with van der Waals surface area (Å²) in [4.78, 5) is 24.4. The topological polar surface area (TPSA) is 69.6 Å². The highest BCUT2D eigenvalue weighted by molar-refractivity contribution is 5.81. The summed E-state index contributed by atoms with van der Waals surface area (Å²) in [5.74, 6) is -1.14. The number of likely N-dealkylation sites (N-methyl/N-ethyl adjacent to an activating group) is 1. The minimum absolute atomic E-state index is 0.0468. The van der Waals surface area contributed by atoms with E-state index in [0.717, 1.165) is 5.56 Å². The van der Waals surface area contributed by atoms with E-state index in [2.05, 4.69) is 5.32 Å². The van der Waals surface area contributed by atoms with Crippen LogP contribution < -0.4 is 5.32 Å². The fourth-order valence-corrected chi connectivity index (χ4v) is 1.54. The number of hydrogen-bond acceptors (Lipinski definition) is 3. The zero-order chi connectivity index (χ0) is 15.3. The van der Waals surface area contributed by atoms with Crippen LogP contribution in [0.5, 0.6) is 0 Å². The molecule has 1 amide bonds. The maximum absolute atomic E-state index is 11.8. The minimum Gasteiger partial charge on any atom is -0.480 e. The molecule has 110 valence electrons. The number of carboxylic acid groups (broad SMARTS) is 1. The van der Waals surface area contributed by atoms with Gasteiger partial charge in [0, 0.05) is 6.54 Å². The predicted octanol–water partition coefficient (Wildman–Crippen LogP) is 1.41. The quantitative estimate of drug-likeness (QED) is 0.825. The molecular weight excluding hydrogens is 256 g/mol. The van der Waals surface area contributed by atoms with Crippen LogP contribution in [0.3, 0.4) is 0 Å². The molecule has 2 N–H and O–H groups in total. The molecule has 0 aliphatic heterocycles. The number of carbonyl (C=O) groups is 2. The molecule has 0 bridgehead atoms. The molecule has 0 aliphatic rings. The average molecular weight is 278 g/mol. The zero-order valence-corrected chi connectivity index (χ0v) is 12.4. The second-order valence-corrected chi connectivity index (χ2v) is 5.48. The largest absolute Gasteiger partial charge is 0.480 e. The first-order chi connectivity index (χ1) is 9.23. The average Bonchev–Trinajstić information content (AvgIpc) is 2.37. The van der Waals surface area contributed by atoms with Gasteiger partial charge >= 0.3 is 5.97 Å². The first-order valence-corrected chi connectivity index (χ1v) is 6.50. The summed E-state index contributed by atoms with van der Waals surface area (Å²) in [6, 6.07) is 7.89. The van der Waals surface area contributed by atoms with Gasteiger partial charge in [-0.2, -0.15) is 0 Å². The molecule has 0 fully saturated rings. The van der Waals surface area contributed by atoms with Crippen molar-refractivity contribution in [2.45, 2.75) is 32.9 Å². The van der Waals surface area contributed by atoms with Crippen molar-refractivity contribution >= 4 is 11.9 Å². The third-order valence-corrected chi connectivity index (χ3v) is 3.47. The molecule has 0 unspecified atom stereocenters. The van der Waals surface area contributed by atoms with Gasteiger partial charge in [-0.25, -0.2) is 0 Å². The number of nitrogens with zero attached hydrogens (tertiary/aromatic N) is 1. The number of benzene rings is 1. The van der Waals surface area contributed by atoms with Gasteiger partial charge in [0.25, 0.3) is 0 Å². The molecule has 5 heteroatoms. The molecule has 0 aromatic heterocycles. The molecule has 5 nitrogen and oxygen atoms in total. The fraction of sp³-hybridized carbons (Fsp3) is 0.467. The van der Waals surface area contributed by atoms with Crippen LogP contribution in [0.4, 0.5) is 0 Å². The zero-order valence-electron chi connectivity index (χ0n) is 12.4. The summed E-state index contributed by atoms with van der Waals surface area (Å²) < 4.78 is 0. The van der Waals surface area contributed by atoms with Crippen LogP contribution >= 0.6 is 0 Å². The van der Waals surface area contributed by atoms with Crippen LogP contribution in [0, 0.1) is 6.92 Å². The Morgan fingerprint density at radius 3 is 2.30 bits per heavy atom. The monoisotopic (exact) mass is 278 g/mol. The second kappa shape index (κ2) is 6.52. The molecule has 1 rings (SSSR count). The molecule has 0 atom stereocenters. The van der Waals surface area contributed by atoms with Crippen molar-refractivity contribution < 1.29 is 14.7 Å². The number of aliphatic carboxylic acids is 1. The smallest absolute Gasteiger partial charge is 0.323 e. The molecule has 20 heavy (non-hydrogen) atoms. The Labute approximate surface area is 119 Å². The van der Waals surface area contributed by atoms with Crippen molar-refractivity contribution in [2.75, 3.05) is 13.6 Å². The van der Waals surface area contributed by atoms with Crippen molar-refractivity contribution in [3.8, 4) is 0 Å². The summed E-state index contributed by atoms with van der Waals surface area (Å²) in [7, 11) is 1.62. The Bertz CT molecular complexity index is 480. The third kappa shape index (κ3) is 4.35. The summed E-state index contributed by atoms with van der Waals surface area (Å²) in [6.45, 7) is 5.64. The van der Waals surface area contributed by atoms with Gasteiger partial charge in [0.1, 0.15) is 5.54 Å². The van der Waals surface area contributed by atoms with Gasteiger partial charge in [0.15, 0.2) is 0 Å². The maximum atomic E-state index is 11.8. The van der Waals surface area contributed by atoms with Crippen LogP contribution in [-0.4, -0.2) is 41.0 Å². The predicted molar refractivity (Wildman–Crippen MR) is 77.4 cm³/mol. The molecule has 0 heterocycles. The normalized spacial score (nSPS) is 11.4. The van der Waals surface area contributed by atoms with E-state index in [0.29, 0.717) is 6.54 Å². The number of hydrogen-bond donors (Lipinski definition) is 2. The highest BCUT2D eigenvalue weighted by Crippen LogP contribution is 2.11. The number of carboxylic acids is 1. The Morgan fingerprint density at radius 1 is 1.25 bits per heavy atom. The lowest BCUT2D eigenvalue weighted by Gasteiger charge is -2.30. The molecular formula is C15H22N2O3. The standard InChI is InChI=1S/C15H22N2O3/c1-11-5-7-12(8-6-11)9-16-13(18)10-17(4)15(2,3)14(19)20/h5-8H,9-10H2,1-4H3,(H,16,18)(H,19,20). The lowest BCUT2D eigenvalue weighted by molar-refractivity contribution is -0.149. The van der Waals surface area contributed by atoms with Crippen LogP contribution in [0.15, 0.2) is 24.3 Å². The van der Waals surface area contributed by atoms with E-state index in [1.54, 1.807) is 20.9 Å². The van der Waals surface area contributed by atoms with Crippen molar-refractivity contribution in [2.24, 2.45) is 0 Å². The fourth-order valence-electron chi connectivity index (χ4n) is 1.54. The first kappa shape index (κ1) is 16.2. The van der Waals surface area contributed by atoms with Gasteiger partial charge in [-0.15, -0.1) is 0 Å².